The zero-order valence-electron chi connectivity index (χ0n) is 26.9. The number of carbonyl (C=O) groups is 2. The quantitative estimate of drug-likeness (QED) is 0.0358. The smallest absolute Gasteiger partial charge is 0.338 e. The highest BCUT2D eigenvalue weighted by Crippen LogP contribution is 2.35. The number of carbonyl (C=O) groups excluding carboxylic acids is 2. The van der Waals surface area contributed by atoms with Gasteiger partial charge in [0, 0.05) is 18.1 Å². The molecular weight excluding hydrogens is 644 g/mol. The van der Waals surface area contributed by atoms with Crippen LogP contribution in [0.1, 0.15) is 33.2 Å². The first kappa shape index (κ1) is 40.2. The van der Waals surface area contributed by atoms with Crippen molar-refractivity contribution in [3.05, 3.63) is 41.0 Å². The summed E-state index contributed by atoms with van der Waals surface area (Å²) in [5.41, 5.74) is -0.993. The van der Waals surface area contributed by atoms with Gasteiger partial charge in [0.2, 0.25) is 0 Å². The molecule has 2 rings (SSSR count). The van der Waals surface area contributed by atoms with Crippen LogP contribution in [0.25, 0.3) is 0 Å². The van der Waals surface area contributed by atoms with E-state index in [-0.39, 0.29) is 81.2 Å². The van der Waals surface area contributed by atoms with Crippen LogP contribution in [-0.4, -0.2) is 144 Å². The average Bonchev–Trinajstić information content (AvgIpc) is 3.03. The number of benzene rings is 2. The summed E-state index contributed by atoms with van der Waals surface area (Å²) >= 11 is 0. The van der Waals surface area contributed by atoms with Crippen molar-refractivity contribution in [2.75, 3.05) is 73.4 Å². The van der Waals surface area contributed by atoms with Crippen molar-refractivity contribution in [2.24, 2.45) is 5.41 Å². The number of rotatable bonds is 22. The number of aliphatic hydroxyl groups is 3. The molecule has 0 aliphatic rings. The molecule has 0 aliphatic heterocycles. The Kier molecular flexibility index (Phi) is 16.6. The molecule has 8 N–H and O–H groups in total. The number of phenols is 5. The van der Waals surface area contributed by atoms with Crippen molar-refractivity contribution in [3.8, 4) is 28.7 Å². The molecule has 48 heavy (non-hydrogen) atoms. The topological polar surface area (TPSA) is 261 Å². The van der Waals surface area contributed by atoms with E-state index < -0.39 is 66.1 Å². The zero-order chi connectivity index (χ0) is 35.9. The summed E-state index contributed by atoms with van der Waals surface area (Å²) in [6.07, 6.45) is -3.35. The van der Waals surface area contributed by atoms with Gasteiger partial charge in [-0.3, -0.25) is 0 Å². The van der Waals surface area contributed by atoms with Crippen molar-refractivity contribution in [2.45, 2.75) is 32.2 Å². The minimum Gasteiger partial charge on any atom is -0.508 e. The maximum atomic E-state index is 12.3. The maximum Gasteiger partial charge on any atom is 0.338 e. The zero-order valence-corrected chi connectivity index (χ0v) is 26.9. The van der Waals surface area contributed by atoms with Gasteiger partial charge in [-0.2, -0.15) is 0 Å². The first-order valence-corrected chi connectivity index (χ1v) is 14.6. The molecule has 0 fully saturated rings. The fourth-order valence-electron chi connectivity index (χ4n) is 3.91. The highest BCUT2D eigenvalue weighted by Gasteiger charge is 2.27. The maximum absolute atomic E-state index is 12.3. The summed E-state index contributed by atoms with van der Waals surface area (Å²) in [6.45, 7) is 1.49. The third-order valence-corrected chi connectivity index (χ3v) is 6.52. The monoisotopic (exact) mass is 688 g/mol. The van der Waals surface area contributed by atoms with E-state index >= 15 is 0 Å². The van der Waals surface area contributed by atoms with E-state index in [0.29, 0.717) is 0 Å². The van der Waals surface area contributed by atoms with E-state index in [1.807, 2.05) is 0 Å². The Morgan fingerprint density at radius 3 is 1.48 bits per heavy atom. The van der Waals surface area contributed by atoms with Gasteiger partial charge >= 0.3 is 11.9 Å². The van der Waals surface area contributed by atoms with E-state index in [0.717, 1.165) is 24.3 Å². The van der Waals surface area contributed by atoms with Gasteiger partial charge in [-0.15, -0.1) is 0 Å². The Bertz CT molecular complexity index is 1270. The van der Waals surface area contributed by atoms with E-state index in [2.05, 4.69) is 0 Å². The van der Waals surface area contributed by atoms with Gasteiger partial charge in [0.25, 0.3) is 0 Å². The van der Waals surface area contributed by atoms with Crippen LogP contribution in [0.4, 0.5) is 0 Å². The largest absolute Gasteiger partial charge is 0.508 e. The van der Waals surface area contributed by atoms with Gasteiger partial charge in [0.05, 0.1) is 57.4 Å². The average molecular weight is 689 g/mol. The highest BCUT2D eigenvalue weighted by atomic mass is 16.7. The molecule has 17 heteroatoms. The van der Waals surface area contributed by atoms with Crippen molar-refractivity contribution >= 4 is 11.9 Å². The van der Waals surface area contributed by atoms with Gasteiger partial charge < -0.3 is 74.0 Å². The number of methoxy groups -OCH3 is 1. The molecule has 4 atom stereocenters. The summed E-state index contributed by atoms with van der Waals surface area (Å²) in [7, 11) is 1.43. The molecule has 0 aliphatic carbocycles. The summed E-state index contributed by atoms with van der Waals surface area (Å²) in [5.74, 6) is -4.67. The van der Waals surface area contributed by atoms with Crippen LogP contribution >= 0.6 is 0 Å². The van der Waals surface area contributed by atoms with Gasteiger partial charge in [-0.25, -0.2) is 9.59 Å². The van der Waals surface area contributed by atoms with Crippen molar-refractivity contribution in [1.29, 1.82) is 0 Å². The van der Waals surface area contributed by atoms with E-state index in [1.165, 1.54) is 14.0 Å². The molecule has 4 unspecified atom stereocenters. The number of phenolic OH excluding ortho intramolecular Hbond substituents is 5. The molecule has 270 valence electrons. The summed E-state index contributed by atoms with van der Waals surface area (Å²) in [6, 6.07) is 4.04. The molecule has 0 radical (unpaired) electrons. The lowest BCUT2D eigenvalue weighted by Crippen LogP contribution is -2.37. The van der Waals surface area contributed by atoms with E-state index in [1.54, 1.807) is 6.92 Å². The summed E-state index contributed by atoms with van der Waals surface area (Å²) < 4.78 is 36.9. The molecule has 0 aromatic heterocycles. The molecule has 0 saturated heterocycles. The highest BCUT2D eigenvalue weighted by molar-refractivity contribution is 5.91. The van der Waals surface area contributed by atoms with Crippen molar-refractivity contribution in [3.63, 3.8) is 0 Å². The lowest BCUT2D eigenvalue weighted by atomic mass is 9.94. The van der Waals surface area contributed by atoms with Crippen LogP contribution in [-0.2, 0) is 33.2 Å². The molecule has 0 spiro atoms. The minimum absolute atomic E-state index is 0.00220. The molecule has 2 aromatic rings. The fourth-order valence-corrected chi connectivity index (χ4v) is 3.91. The summed E-state index contributed by atoms with van der Waals surface area (Å²) in [4.78, 5) is 24.4. The SMILES string of the molecule is COCC(O)COCC(C)(COCOCC(O)COC(=O)c1cc(O)c(O)c(O)c1)COCC(O)COC(=O)c1cc(O)c(C)c(O)c1. The van der Waals surface area contributed by atoms with Gasteiger partial charge in [0.15, 0.2) is 17.2 Å². The lowest BCUT2D eigenvalue weighted by molar-refractivity contribution is -0.133. The predicted molar refractivity (Wildman–Crippen MR) is 163 cm³/mol. The number of ether oxygens (including phenoxy) is 7. The third kappa shape index (κ3) is 13.7. The van der Waals surface area contributed by atoms with Crippen LogP contribution in [0.5, 0.6) is 28.7 Å². The van der Waals surface area contributed by atoms with Crippen LogP contribution in [0.3, 0.4) is 0 Å². The first-order valence-electron chi connectivity index (χ1n) is 14.6. The fraction of sp³-hybridized carbons (Fsp3) is 0.548. The second kappa shape index (κ2) is 19.8. The molecule has 17 nitrogen and oxygen atoms in total. The number of esters is 2. The van der Waals surface area contributed by atoms with Crippen molar-refractivity contribution in [1.82, 2.24) is 0 Å². The van der Waals surface area contributed by atoms with Crippen LogP contribution in [0, 0.1) is 12.3 Å². The van der Waals surface area contributed by atoms with Crippen LogP contribution in [0.15, 0.2) is 24.3 Å². The molecule has 0 bridgehead atoms. The van der Waals surface area contributed by atoms with E-state index in [9.17, 15) is 50.4 Å². The normalized spacial score (nSPS) is 14.5. The number of aliphatic hydroxyl groups excluding tert-OH is 3. The number of hydrogen-bond donors (Lipinski definition) is 8. The molecule has 2 aromatic carbocycles. The van der Waals surface area contributed by atoms with Gasteiger partial charge in [-0.1, -0.05) is 6.92 Å². The van der Waals surface area contributed by atoms with Gasteiger partial charge in [-0.05, 0) is 31.2 Å². The molecule has 0 heterocycles. The number of aromatic hydroxyl groups is 5. The Hall–Kier alpha value is -3.94. The van der Waals surface area contributed by atoms with E-state index in [4.69, 9.17) is 33.2 Å². The van der Waals surface area contributed by atoms with Crippen molar-refractivity contribution < 1.29 is 83.6 Å². The number of hydrogen-bond acceptors (Lipinski definition) is 17. The molecular formula is C31H44O17. The molecule has 0 saturated carbocycles. The second-order valence-electron chi connectivity index (χ2n) is 11.3. The predicted octanol–water partition coefficient (Wildman–Crippen LogP) is 0.296. The standard InChI is InChI=1S/C31H44O17/c1-18-24(35)4-19(5-25(18)36)29(40)47-12-22(33)10-44-15-31(2,14-43-9-21(32)8-42-3)16-46-17-45-11-23(34)13-48-30(41)20-6-26(37)28(39)27(38)7-20/h4-7,21-23,32-39H,8-17H2,1-3H3. The Balaban J connectivity index is 1.78. The van der Waals surface area contributed by atoms with Crippen LogP contribution in [0.2, 0.25) is 0 Å². The minimum atomic E-state index is -1.25. The Morgan fingerprint density at radius 2 is 1.02 bits per heavy atom. The second-order valence-corrected chi connectivity index (χ2v) is 11.3. The summed E-state index contributed by atoms with van der Waals surface area (Å²) in [5, 5.41) is 78.2. The Labute approximate surface area is 276 Å². The van der Waals surface area contributed by atoms with Gasteiger partial charge in [0.1, 0.15) is 49.8 Å². The first-order chi connectivity index (χ1) is 22.7. The van der Waals surface area contributed by atoms with Crippen LogP contribution < -0.4 is 0 Å². The lowest BCUT2D eigenvalue weighted by Gasteiger charge is -2.29. The Morgan fingerprint density at radius 1 is 0.625 bits per heavy atom. The third-order valence-electron chi connectivity index (χ3n) is 6.52. The molecule has 0 amide bonds.